The maximum absolute atomic E-state index is 12.6. The number of H-pyrrole nitrogens is 1. The van der Waals surface area contributed by atoms with E-state index < -0.39 is 24.6 Å². The molecule has 0 aliphatic rings. The second-order valence-corrected chi connectivity index (χ2v) is 3.55. The monoisotopic (exact) mass is 283 g/mol. The zero-order valence-electron chi connectivity index (χ0n) is 7.43. The molecule has 0 aromatic carbocycles. The van der Waals surface area contributed by atoms with Crippen molar-refractivity contribution in [1.82, 2.24) is 9.97 Å². The average molecular weight is 284 g/mol. The molecule has 1 heterocycles. The molecule has 0 aliphatic heterocycles. The summed E-state index contributed by atoms with van der Waals surface area (Å²) in [5, 5.41) is 10.6. The third-order valence-corrected chi connectivity index (χ3v) is 2.28. The lowest BCUT2D eigenvalue weighted by atomic mass is 10.3. The zero-order chi connectivity index (χ0) is 11.5. The van der Waals surface area contributed by atoms with E-state index in [1.807, 2.05) is 0 Å². The van der Waals surface area contributed by atoms with Crippen molar-refractivity contribution in [3.63, 3.8) is 0 Å². The molecule has 84 valence electrons. The quantitative estimate of drug-likeness (QED) is 0.755. The van der Waals surface area contributed by atoms with Gasteiger partial charge in [0, 0.05) is 0 Å². The number of halogens is 3. The van der Waals surface area contributed by atoms with Crippen LogP contribution >= 0.6 is 15.9 Å². The van der Waals surface area contributed by atoms with Crippen LogP contribution in [0.2, 0.25) is 0 Å². The lowest BCUT2D eigenvalue weighted by Crippen LogP contribution is -2.31. The molecule has 0 aliphatic carbocycles. The number of nitrogens with zero attached hydrogens (tertiary/aromatic N) is 1. The van der Waals surface area contributed by atoms with Crippen molar-refractivity contribution in [3.8, 4) is 0 Å². The van der Waals surface area contributed by atoms with Crippen molar-refractivity contribution in [2.45, 2.75) is 5.92 Å². The third-order valence-electron chi connectivity index (χ3n) is 1.54. The van der Waals surface area contributed by atoms with Gasteiger partial charge in [-0.3, -0.25) is 4.79 Å². The molecule has 0 saturated heterocycles. The van der Waals surface area contributed by atoms with Gasteiger partial charge in [0.2, 0.25) is 0 Å². The molecule has 0 bridgehead atoms. The highest BCUT2D eigenvalue weighted by molar-refractivity contribution is 9.10. The number of nitrogens with one attached hydrogen (secondary N) is 2. The van der Waals surface area contributed by atoms with E-state index in [1.165, 1.54) is 0 Å². The summed E-state index contributed by atoms with van der Waals surface area (Å²) in [6.45, 7) is -2.06. The van der Waals surface area contributed by atoms with E-state index >= 15 is 0 Å². The highest BCUT2D eigenvalue weighted by Crippen LogP contribution is 2.17. The van der Waals surface area contributed by atoms with Crippen LogP contribution < -0.4 is 10.9 Å². The van der Waals surface area contributed by atoms with E-state index in [0.29, 0.717) is 0 Å². The lowest BCUT2D eigenvalue weighted by Gasteiger charge is -2.14. The highest BCUT2D eigenvalue weighted by atomic mass is 79.9. The fraction of sp³-hybridized carbons (Fsp3) is 0.429. The fourth-order valence-electron chi connectivity index (χ4n) is 0.775. The number of hydrogen-bond donors (Lipinski definition) is 3. The van der Waals surface area contributed by atoms with Crippen LogP contribution in [0.4, 0.5) is 14.6 Å². The van der Waals surface area contributed by atoms with E-state index in [4.69, 9.17) is 5.11 Å². The van der Waals surface area contributed by atoms with Crippen molar-refractivity contribution in [2.75, 3.05) is 18.5 Å². The average Bonchev–Trinajstić information content (AvgIpc) is 2.20. The first-order chi connectivity index (χ1) is 6.96. The maximum atomic E-state index is 12.6. The van der Waals surface area contributed by atoms with Crippen LogP contribution in [-0.2, 0) is 0 Å². The summed E-state index contributed by atoms with van der Waals surface area (Å²) in [4.78, 5) is 16.9. The van der Waals surface area contributed by atoms with Crippen LogP contribution in [0, 0.1) is 0 Å². The van der Waals surface area contributed by atoms with Crippen LogP contribution in [0.25, 0.3) is 0 Å². The Labute approximate surface area is 91.7 Å². The van der Waals surface area contributed by atoms with Gasteiger partial charge in [0.15, 0.2) is 0 Å². The van der Waals surface area contributed by atoms with Crippen LogP contribution in [0.5, 0.6) is 0 Å². The summed E-state index contributed by atoms with van der Waals surface area (Å²) < 4.78 is 25.3. The molecule has 3 N–H and O–H groups in total. The summed E-state index contributed by atoms with van der Waals surface area (Å²) in [5.74, 6) is -3.24. The Balaban J connectivity index is 2.74. The smallest absolute Gasteiger partial charge is 0.287 e. The largest absolute Gasteiger partial charge is 0.390 e. The van der Waals surface area contributed by atoms with Gasteiger partial charge in [0.1, 0.15) is 16.9 Å². The number of aromatic nitrogens is 2. The Hall–Kier alpha value is -1.02. The Kier molecular flexibility index (Phi) is 3.75. The number of aromatic amines is 1. The lowest BCUT2D eigenvalue weighted by molar-refractivity contribution is -0.0373. The molecule has 0 unspecified atom stereocenters. The Morgan fingerprint density at radius 3 is 2.93 bits per heavy atom. The molecular formula is C7H8BrF2N3O2. The van der Waals surface area contributed by atoms with Gasteiger partial charge in [0.05, 0.1) is 12.9 Å². The summed E-state index contributed by atoms with van der Waals surface area (Å²) >= 11 is 2.89. The van der Waals surface area contributed by atoms with Crippen molar-refractivity contribution >= 4 is 21.7 Å². The third kappa shape index (κ3) is 3.24. The maximum Gasteiger partial charge on any atom is 0.287 e. The molecule has 0 fully saturated rings. The molecule has 0 saturated carbocycles. The predicted molar refractivity (Wildman–Crippen MR) is 53.1 cm³/mol. The zero-order valence-corrected chi connectivity index (χ0v) is 9.01. The molecule has 5 nitrogen and oxygen atoms in total. The summed E-state index contributed by atoms with van der Waals surface area (Å²) in [6, 6.07) is 0. The highest BCUT2D eigenvalue weighted by Gasteiger charge is 2.27. The molecular weight excluding hydrogens is 276 g/mol. The van der Waals surface area contributed by atoms with Gasteiger partial charge in [-0.15, -0.1) is 0 Å². The van der Waals surface area contributed by atoms with Gasteiger partial charge in [-0.05, 0) is 15.9 Å². The Bertz CT molecular complexity index is 396. The van der Waals surface area contributed by atoms with Crippen molar-refractivity contribution in [3.05, 3.63) is 21.2 Å². The first-order valence-corrected chi connectivity index (χ1v) is 4.71. The summed E-state index contributed by atoms with van der Waals surface area (Å²) in [7, 11) is 0. The first-order valence-electron chi connectivity index (χ1n) is 3.92. The van der Waals surface area contributed by atoms with Gasteiger partial charge in [0.25, 0.3) is 11.5 Å². The predicted octanol–water partition coefficient (Wildman–Crippen LogP) is 0.572. The molecule has 0 radical (unpaired) electrons. The van der Waals surface area contributed by atoms with Gasteiger partial charge < -0.3 is 15.4 Å². The van der Waals surface area contributed by atoms with E-state index in [1.54, 1.807) is 0 Å². The van der Waals surface area contributed by atoms with Crippen LogP contribution in [0.3, 0.4) is 0 Å². The molecule has 0 amide bonds. The van der Waals surface area contributed by atoms with Crippen LogP contribution in [-0.4, -0.2) is 34.1 Å². The van der Waals surface area contributed by atoms with E-state index in [9.17, 15) is 13.6 Å². The van der Waals surface area contributed by atoms with Crippen molar-refractivity contribution < 1.29 is 13.9 Å². The van der Waals surface area contributed by atoms with Gasteiger partial charge in [-0.2, -0.15) is 0 Å². The molecule has 15 heavy (non-hydrogen) atoms. The minimum Gasteiger partial charge on any atom is -0.390 e. The SMILES string of the molecule is O=c1[nH]cnc(NCC(F)(F)CO)c1Br. The number of alkyl halides is 2. The van der Waals surface area contributed by atoms with E-state index in [-0.39, 0.29) is 10.3 Å². The summed E-state index contributed by atoms with van der Waals surface area (Å²) in [5.41, 5.74) is -0.472. The van der Waals surface area contributed by atoms with Gasteiger partial charge in [-0.1, -0.05) is 0 Å². The number of hydrogen-bond acceptors (Lipinski definition) is 4. The first kappa shape index (κ1) is 12.1. The second kappa shape index (κ2) is 4.67. The second-order valence-electron chi connectivity index (χ2n) is 2.76. The Morgan fingerprint density at radius 1 is 1.67 bits per heavy atom. The number of aliphatic hydroxyl groups excluding tert-OH is 1. The molecule has 1 rings (SSSR count). The number of anilines is 1. The minimum absolute atomic E-state index is 0.00637. The minimum atomic E-state index is -3.25. The van der Waals surface area contributed by atoms with Gasteiger partial charge in [-0.25, -0.2) is 13.8 Å². The topological polar surface area (TPSA) is 78.0 Å². The number of rotatable bonds is 4. The molecule has 0 atom stereocenters. The fourth-order valence-corrected chi connectivity index (χ4v) is 1.13. The number of aliphatic hydroxyl groups is 1. The molecule has 1 aromatic heterocycles. The van der Waals surface area contributed by atoms with Crippen molar-refractivity contribution in [2.24, 2.45) is 0 Å². The van der Waals surface area contributed by atoms with E-state index in [2.05, 4.69) is 31.2 Å². The molecule has 0 spiro atoms. The van der Waals surface area contributed by atoms with Crippen molar-refractivity contribution in [1.29, 1.82) is 0 Å². The molecule has 8 heteroatoms. The van der Waals surface area contributed by atoms with E-state index in [0.717, 1.165) is 6.33 Å². The summed E-state index contributed by atoms with van der Waals surface area (Å²) in [6.07, 6.45) is 1.09. The Morgan fingerprint density at radius 2 is 2.33 bits per heavy atom. The molecule has 1 aromatic rings. The van der Waals surface area contributed by atoms with Crippen LogP contribution in [0.15, 0.2) is 15.6 Å². The van der Waals surface area contributed by atoms with Gasteiger partial charge >= 0.3 is 0 Å². The standard InChI is InChI=1S/C7H8BrF2N3O2/c8-4-5(12-3-13-6(4)15)11-1-7(9,10)2-14/h3,14H,1-2H2,(H2,11,12,13,15). The van der Waals surface area contributed by atoms with Crippen LogP contribution in [0.1, 0.15) is 0 Å². The normalized spacial score (nSPS) is 11.5.